The molecule has 1 fully saturated rings. The molecule has 1 amide bonds. The van der Waals surface area contributed by atoms with Crippen molar-refractivity contribution in [3.8, 4) is 0 Å². The predicted molar refractivity (Wildman–Crippen MR) is 72.1 cm³/mol. The highest BCUT2D eigenvalue weighted by molar-refractivity contribution is 5.91. The Morgan fingerprint density at radius 1 is 1.32 bits per heavy atom. The topological polar surface area (TPSA) is 57.6 Å². The van der Waals surface area contributed by atoms with E-state index in [0.29, 0.717) is 11.6 Å². The summed E-state index contributed by atoms with van der Waals surface area (Å²) in [6.07, 6.45) is 2.28. The zero-order valence-corrected chi connectivity index (χ0v) is 11.3. The zero-order chi connectivity index (χ0) is 14.0. The minimum absolute atomic E-state index is 0.0196. The standard InChI is InChI=1S/C15H19NO3/c1-10(2)16(12-7-8-12)14(17)9-11-5-3-4-6-13(11)15(18)19/h3-6,10,12H,7-9H2,1-2H3,(H,18,19). The molecule has 0 unspecified atom stereocenters. The summed E-state index contributed by atoms with van der Waals surface area (Å²) in [5, 5.41) is 9.12. The quantitative estimate of drug-likeness (QED) is 0.885. The third-order valence-electron chi connectivity index (χ3n) is 3.37. The van der Waals surface area contributed by atoms with Gasteiger partial charge in [-0.3, -0.25) is 4.79 Å². The number of benzene rings is 1. The zero-order valence-electron chi connectivity index (χ0n) is 11.3. The van der Waals surface area contributed by atoms with Gasteiger partial charge in [-0.2, -0.15) is 0 Å². The highest BCUT2D eigenvalue weighted by Gasteiger charge is 2.34. The van der Waals surface area contributed by atoms with Gasteiger partial charge < -0.3 is 10.0 Å². The summed E-state index contributed by atoms with van der Waals surface area (Å²) in [6.45, 7) is 4.00. The maximum Gasteiger partial charge on any atom is 0.335 e. The molecule has 1 aromatic carbocycles. The number of carboxylic acids is 1. The Balaban J connectivity index is 2.16. The molecule has 1 saturated carbocycles. The summed E-state index contributed by atoms with van der Waals surface area (Å²) in [7, 11) is 0. The smallest absolute Gasteiger partial charge is 0.335 e. The van der Waals surface area contributed by atoms with E-state index in [4.69, 9.17) is 5.11 Å². The Kier molecular flexibility index (Phi) is 3.88. The lowest BCUT2D eigenvalue weighted by Gasteiger charge is -2.27. The molecule has 0 heterocycles. The van der Waals surface area contributed by atoms with Crippen LogP contribution >= 0.6 is 0 Å². The molecular formula is C15H19NO3. The summed E-state index contributed by atoms with van der Waals surface area (Å²) < 4.78 is 0. The van der Waals surface area contributed by atoms with Crippen molar-refractivity contribution in [3.05, 3.63) is 35.4 Å². The Morgan fingerprint density at radius 2 is 1.95 bits per heavy atom. The van der Waals surface area contributed by atoms with E-state index in [2.05, 4.69) is 0 Å². The molecular weight excluding hydrogens is 242 g/mol. The first-order valence-electron chi connectivity index (χ1n) is 6.63. The number of hydrogen-bond donors (Lipinski definition) is 1. The van der Waals surface area contributed by atoms with E-state index in [1.807, 2.05) is 18.7 Å². The van der Waals surface area contributed by atoms with Gasteiger partial charge in [-0.25, -0.2) is 4.79 Å². The van der Waals surface area contributed by atoms with Crippen LogP contribution in [-0.2, 0) is 11.2 Å². The molecule has 2 rings (SSSR count). The summed E-state index contributed by atoms with van der Waals surface area (Å²) in [5.74, 6) is -0.961. The molecule has 1 N–H and O–H groups in total. The van der Waals surface area contributed by atoms with Crippen molar-refractivity contribution in [2.24, 2.45) is 0 Å². The number of nitrogens with zero attached hydrogens (tertiary/aromatic N) is 1. The number of hydrogen-bond acceptors (Lipinski definition) is 2. The van der Waals surface area contributed by atoms with Crippen LogP contribution in [0.15, 0.2) is 24.3 Å². The molecule has 4 nitrogen and oxygen atoms in total. The Labute approximate surface area is 113 Å². The molecule has 0 saturated heterocycles. The van der Waals surface area contributed by atoms with Crippen LogP contribution in [0.5, 0.6) is 0 Å². The molecule has 4 heteroatoms. The van der Waals surface area contributed by atoms with Gasteiger partial charge in [0.05, 0.1) is 12.0 Å². The number of rotatable bonds is 5. The first kappa shape index (κ1) is 13.6. The van der Waals surface area contributed by atoms with E-state index >= 15 is 0 Å². The van der Waals surface area contributed by atoms with Crippen LogP contribution in [-0.4, -0.2) is 34.0 Å². The third-order valence-corrected chi connectivity index (χ3v) is 3.37. The second-order valence-electron chi connectivity index (χ2n) is 5.27. The molecule has 102 valence electrons. The second kappa shape index (κ2) is 5.43. The molecule has 19 heavy (non-hydrogen) atoms. The molecule has 1 aliphatic rings. The van der Waals surface area contributed by atoms with E-state index in [9.17, 15) is 9.59 Å². The monoisotopic (exact) mass is 261 g/mol. The van der Waals surface area contributed by atoms with Gasteiger partial charge in [0.25, 0.3) is 0 Å². The van der Waals surface area contributed by atoms with Crippen molar-refractivity contribution in [1.82, 2.24) is 4.90 Å². The van der Waals surface area contributed by atoms with Crippen molar-refractivity contribution < 1.29 is 14.7 Å². The fraction of sp³-hybridized carbons (Fsp3) is 0.467. The van der Waals surface area contributed by atoms with Crippen molar-refractivity contribution >= 4 is 11.9 Å². The Morgan fingerprint density at radius 3 is 2.47 bits per heavy atom. The fourth-order valence-electron chi connectivity index (χ4n) is 2.40. The summed E-state index contributed by atoms with van der Waals surface area (Å²) in [6, 6.07) is 7.22. The predicted octanol–water partition coefficient (Wildman–Crippen LogP) is 2.33. The van der Waals surface area contributed by atoms with Gasteiger partial charge in [0.15, 0.2) is 0 Å². The van der Waals surface area contributed by atoms with E-state index in [1.165, 1.54) is 0 Å². The number of carbonyl (C=O) groups excluding carboxylic acids is 1. The summed E-state index contributed by atoms with van der Waals surface area (Å²) in [4.78, 5) is 25.4. The highest BCUT2D eigenvalue weighted by Crippen LogP contribution is 2.29. The van der Waals surface area contributed by atoms with Gasteiger partial charge in [0.1, 0.15) is 0 Å². The largest absolute Gasteiger partial charge is 0.478 e. The molecule has 0 atom stereocenters. The average molecular weight is 261 g/mol. The van der Waals surface area contributed by atoms with E-state index in [-0.39, 0.29) is 23.9 Å². The van der Waals surface area contributed by atoms with Gasteiger partial charge in [0, 0.05) is 12.1 Å². The fourth-order valence-corrected chi connectivity index (χ4v) is 2.40. The van der Waals surface area contributed by atoms with Crippen LogP contribution < -0.4 is 0 Å². The van der Waals surface area contributed by atoms with Gasteiger partial charge in [-0.15, -0.1) is 0 Å². The molecule has 0 radical (unpaired) electrons. The van der Waals surface area contributed by atoms with Crippen molar-refractivity contribution in [1.29, 1.82) is 0 Å². The first-order chi connectivity index (χ1) is 9.00. The highest BCUT2D eigenvalue weighted by atomic mass is 16.4. The van der Waals surface area contributed by atoms with Gasteiger partial charge >= 0.3 is 5.97 Å². The lowest BCUT2D eigenvalue weighted by molar-refractivity contribution is -0.132. The normalized spacial score (nSPS) is 14.5. The molecule has 1 aromatic rings. The lowest BCUT2D eigenvalue weighted by atomic mass is 10.0. The van der Waals surface area contributed by atoms with Crippen LogP contribution in [0.4, 0.5) is 0 Å². The molecule has 0 bridgehead atoms. The van der Waals surface area contributed by atoms with E-state index < -0.39 is 5.97 Å². The van der Waals surface area contributed by atoms with Crippen molar-refractivity contribution in [3.63, 3.8) is 0 Å². The van der Waals surface area contributed by atoms with Crippen molar-refractivity contribution in [2.45, 2.75) is 45.2 Å². The SMILES string of the molecule is CC(C)N(C(=O)Cc1ccccc1C(=O)O)C1CC1. The van der Waals surface area contributed by atoms with Crippen molar-refractivity contribution in [2.75, 3.05) is 0 Å². The summed E-state index contributed by atoms with van der Waals surface area (Å²) >= 11 is 0. The van der Waals surface area contributed by atoms with E-state index in [1.54, 1.807) is 24.3 Å². The van der Waals surface area contributed by atoms with E-state index in [0.717, 1.165) is 12.8 Å². The molecule has 1 aliphatic carbocycles. The number of carboxylic acid groups (broad SMARTS) is 1. The van der Waals surface area contributed by atoms with Crippen LogP contribution in [0.2, 0.25) is 0 Å². The molecule has 0 aliphatic heterocycles. The molecule has 0 aromatic heterocycles. The first-order valence-corrected chi connectivity index (χ1v) is 6.63. The maximum atomic E-state index is 12.3. The van der Waals surface area contributed by atoms with Gasteiger partial charge in [0.2, 0.25) is 5.91 Å². The van der Waals surface area contributed by atoms with Gasteiger partial charge in [-0.05, 0) is 38.3 Å². The molecule has 0 spiro atoms. The lowest BCUT2D eigenvalue weighted by Crippen LogP contribution is -2.39. The number of amides is 1. The Bertz CT molecular complexity index is 490. The number of carbonyl (C=O) groups is 2. The minimum Gasteiger partial charge on any atom is -0.478 e. The second-order valence-corrected chi connectivity index (χ2v) is 5.27. The minimum atomic E-state index is -0.981. The van der Waals surface area contributed by atoms with Crippen LogP contribution in [0.3, 0.4) is 0 Å². The van der Waals surface area contributed by atoms with Crippen LogP contribution in [0.1, 0.15) is 42.6 Å². The number of aromatic carboxylic acids is 1. The summed E-state index contributed by atoms with van der Waals surface area (Å²) in [5.41, 5.74) is 0.807. The van der Waals surface area contributed by atoms with Gasteiger partial charge in [-0.1, -0.05) is 18.2 Å². The average Bonchev–Trinajstić information content (AvgIpc) is 3.13. The maximum absolute atomic E-state index is 12.3. The Hall–Kier alpha value is -1.84. The van der Waals surface area contributed by atoms with Crippen LogP contribution in [0, 0.1) is 0 Å². The van der Waals surface area contributed by atoms with Crippen LogP contribution in [0.25, 0.3) is 0 Å². The third kappa shape index (κ3) is 3.13.